The van der Waals surface area contributed by atoms with Crippen LogP contribution in [0.25, 0.3) is 11.3 Å². The van der Waals surface area contributed by atoms with E-state index in [9.17, 15) is 9.18 Å². The Bertz CT molecular complexity index is 641. The number of anilines is 1. The predicted octanol–water partition coefficient (Wildman–Crippen LogP) is 2.56. The quantitative estimate of drug-likeness (QED) is 0.665. The molecule has 0 radical (unpaired) electrons. The lowest BCUT2D eigenvalue weighted by atomic mass is 10.1. The maximum Gasteiger partial charge on any atom is 0.339 e. The third-order valence-electron chi connectivity index (χ3n) is 2.80. The van der Waals surface area contributed by atoms with Gasteiger partial charge in [0.1, 0.15) is 5.82 Å². The van der Waals surface area contributed by atoms with Crippen molar-refractivity contribution in [2.24, 2.45) is 0 Å². The number of methoxy groups -OCH3 is 1. The number of esters is 1. The van der Waals surface area contributed by atoms with E-state index in [-0.39, 0.29) is 5.82 Å². The van der Waals surface area contributed by atoms with Crippen LogP contribution in [0.1, 0.15) is 15.9 Å². The Morgan fingerprint density at radius 3 is 2.68 bits per heavy atom. The van der Waals surface area contributed by atoms with E-state index in [4.69, 9.17) is 5.73 Å². The number of carbonyl (C=O) groups is 1. The molecule has 0 amide bonds. The lowest BCUT2D eigenvalue weighted by molar-refractivity contribution is 0.0602. The highest BCUT2D eigenvalue weighted by Crippen LogP contribution is 2.24. The van der Waals surface area contributed by atoms with Crippen LogP contribution < -0.4 is 5.73 Å². The largest absolute Gasteiger partial charge is 0.465 e. The summed E-state index contributed by atoms with van der Waals surface area (Å²) in [6, 6.07) is 6.51. The van der Waals surface area contributed by atoms with Crippen LogP contribution in [0.15, 0.2) is 30.5 Å². The van der Waals surface area contributed by atoms with Gasteiger partial charge in [0, 0.05) is 11.3 Å². The van der Waals surface area contributed by atoms with Crippen molar-refractivity contribution in [3.8, 4) is 11.3 Å². The van der Waals surface area contributed by atoms with Gasteiger partial charge in [-0.2, -0.15) is 0 Å². The fraction of sp³-hybridized carbons (Fsp3) is 0.143. The summed E-state index contributed by atoms with van der Waals surface area (Å²) in [6.07, 6.45) is 1.16. The normalized spacial score (nSPS) is 10.3. The number of pyridine rings is 1. The number of halogens is 1. The summed E-state index contributed by atoms with van der Waals surface area (Å²) >= 11 is 0. The van der Waals surface area contributed by atoms with Crippen LogP contribution in [0.5, 0.6) is 0 Å². The Labute approximate surface area is 110 Å². The fourth-order valence-electron chi connectivity index (χ4n) is 1.72. The summed E-state index contributed by atoms with van der Waals surface area (Å²) in [7, 11) is 1.29. The van der Waals surface area contributed by atoms with Gasteiger partial charge in [-0.15, -0.1) is 0 Å². The number of nitrogens with two attached hydrogens (primary N) is 1. The highest BCUT2D eigenvalue weighted by molar-refractivity contribution is 5.96. The molecule has 0 unspecified atom stereocenters. The topological polar surface area (TPSA) is 65.2 Å². The number of ether oxygens (including phenoxy) is 1. The Morgan fingerprint density at radius 1 is 1.37 bits per heavy atom. The van der Waals surface area contributed by atoms with Crippen molar-refractivity contribution in [1.29, 1.82) is 0 Å². The number of rotatable bonds is 2. The van der Waals surface area contributed by atoms with E-state index in [1.165, 1.54) is 7.11 Å². The van der Waals surface area contributed by atoms with Gasteiger partial charge in [-0.3, -0.25) is 4.98 Å². The number of carbonyl (C=O) groups excluding carboxylic acids is 1. The number of hydrogen-bond acceptors (Lipinski definition) is 4. The maximum atomic E-state index is 13.2. The molecule has 0 atom stereocenters. The molecule has 0 aliphatic rings. The first kappa shape index (κ1) is 13.0. The Hall–Kier alpha value is -2.43. The summed E-state index contributed by atoms with van der Waals surface area (Å²) in [5.41, 5.74) is 8.21. The molecule has 0 saturated carbocycles. The van der Waals surface area contributed by atoms with E-state index in [1.807, 2.05) is 0 Å². The molecule has 2 aromatic rings. The average Bonchev–Trinajstić information content (AvgIpc) is 2.41. The number of benzene rings is 1. The zero-order valence-electron chi connectivity index (χ0n) is 10.6. The number of nitrogen functional groups attached to an aromatic ring is 1. The molecular formula is C14H13FN2O2. The number of nitrogens with zero attached hydrogens (tertiary/aromatic N) is 1. The Balaban J connectivity index is 2.44. The highest BCUT2D eigenvalue weighted by Gasteiger charge is 2.11. The summed E-state index contributed by atoms with van der Waals surface area (Å²) in [4.78, 5) is 15.4. The third kappa shape index (κ3) is 2.54. The third-order valence-corrected chi connectivity index (χ3v) is 2.80. The summed E-state index contributed by atoms with van der Waals surface area (Å²) in [5, 5.41) is 0. The van der Waals surface area contributed by atoms with Crippen LogP contribution in [0.4, 0.5) is 10.1 Å². The van der Waals surface area contributed by atoms with Crippen LogP contribution in [0, 0.1) is 12.7 Å². The molecule has 0 aliphatic carbocycles. The van der Waals surface area contributed by atoms with E-state index in [2.05, 4.69) is 9.72 Å². The van der Waals surface area contributed by atoms with E-state index in [0.717, 1.165) is 6.20 Å². The second-order valence-electron chi connectivity index (χ2n) is 4.11. The number of aryl methyl sites for hydroxylation is 1. The van der Waals surface area contributed by atoms with Crippen LogP contribution in [-0.2, 0) is 4.74 Å². The van der Waals surface area contributed by atoms with Gasteiger partial charge in [0.2, 0.25) is 0 Å². The molecule has 0 fully saturated rings. The number of aromatic nitrogens is 1. The van der Waals surface area contributed by atoms with Crippen molar-refractivity contribution in [1.82, 2.24) is 4.98 Å². The van der Waals surface area contributed by atoms with E-state index in [0.29, 0.717) is 28.1 Å². The van der Waals surface area contributed by atoms with Gasteiger partial charge < -0.3 is 10.5 Å². The predicted molar refractivity (Wildman–Crippen MR) is 70.1 cm³/mol. The van der Waals surface area contributed by atoms with Crippen LogP contribution >= 0.6 is 0 Å². The molecule has 1 heterocycles. The van der Waals surface area contributed by atoms with Crippen molar-refractivity contribution in [3.63, 3.8) is 0 Å². The zero-order valence-corrected chi connectivity index (χ0v) is 10.6. The first-order valence-electron chi connectivity index (χ1n) is 5.63. The van der Waals surface area contributed by atoms with Gasteiger partial charge >= 0.3 is 5.97 Å². The van der Waals surface area contributed by atoms with Gasteiger partial charge in [0.05, 0.1) is 24.6 Å². The van der Waals surface area contributed by atoms with Crippen LogP contribution in [-0.4, -0.2) is 18.1 Å². The molecule has 98 valence electrons. The minimum atomic E-state index is -0.493. The monoisotopic (exact) mass is 260 g/mol. The summed E-state index contributed by atoms with van der Waals surface area (Å²) in [5.74, 6) is -0.852. The molecule has 0 bridgehead atoms. The van der Waals surface area contributed by atoms with Crippen molar-refractivity contribution >= 4 is 11.7 Å². The lowest BCUT2D eigenvalue weighted by Gasteiger charge is -2.07. The molecule has 0 saturated heterocycles. The van der Waals surface area contributed by atoms with Crippen LogP contribution in [0.2, 0.25) is 0 Å². The van der Waals surface area contributed by atoms with Crippen LogP contribution in [0.3, 0.4) is 0 Å². The molecular weight excluding hydrogens is 247 g/mol. The van der Waals surface area contributed by atoms with E-state index in [1.54, 1.807) is 31.2 Å². The zero-order chi connectivity index (χ0) is 14.0. The fourth-order valence-corrected chi connectivity index (χ4v) is 1.72. The summed E-state index contributed by atoms with van der Waals surface area (Å²) < 4.78 is 17.8. The molecule has 4 nitrogen and oxygen atoms in total. The van der Waals surface area contributed by atoms with Gasteiger partial charge in [-0.25, -0.2) is 9.18 Å². The highest BCUT2D eigenvalue weighted by atomic mass is 19.1. The Morgan fingerprint density at radius 2 is 2.11 bits per heavy atom. The van der Waals surface area contributed by atoms with Crippen molar-refractivity contribution in [2.75, 3.05) is 12.8 Å². The van der Waals surface area contributed by atoms with Gasteiger partial charge in [0.25, 0.3) is 0 Å². The molecule has 1 aromatic heterocycles. The molecule has 1 aromatic carbocycles. The van der Waals surface area contributed by atoms with E-state index >= 15 is 0 Å². The second-order valence-corrected chi connectivity index (χ2v) is 4.11. The van der Waals surface area contributed by atoms with Crippen molar-refractivity contribution in [2.45, 2.75) is 6.92 Å². The SMILES string of the molecule is COC(=O)c1ccc(-c2cc(C)c(F)cn2)cc1N. The molecule has 2 N–H and O–H groups in total. The molecule has 19 heavy (non-hydrogen) atoms. The van der Waals surface area contributed by atoms with Gasteiger partial charge in [-0.05, 0) is 30.7 Å². The van der Waals surface area contributed by atoms with Crippen molar-refractivity contribution in [3.05, 3.63) is 47.4 Å². The minimum absolute atomic E-state index is 0.296. The maximum absolute atomic E-state index is 13.2. The average molecular weight is 260 g/mol. The van der Waals surface area contributed by atoms with Gasteiger partial charge in [-0.1, -0.05) is 6.07 Å². The molecule has 5 heteroatoms. The first-order chi connectivity index (χ1) is 9.02. The standard InChI is InChI=1S/C14H13FN2O2/c1-8-5-13(17-7-11(8)15)9-3-4-10(12(16)6-9)14(18)19-2/h3-7H,16H2,1-2H3. The Kier molecular flexibility index (Phi) is 3.46. The first-order valence-corrected chi connectivity index (χ1v) is 5.63. The van der Waals surface area contributed by atoms with Crippen molar-refractivity contribution < 1.29 is 13.9 Å². The molecule has 0 spiro atoms. The summed E-state index contributed by atoms with van der Waals surface area (Å²) in [6.45, 7) is 1.66. The molecule has 0 aliphatic heterocycles. The smallest absolute Gasteiger partial charge is 0.339 e. The molecule has 2 rings (SSSR count). The minimum Gasteiger partial charge on any atom is -0.465 e. The lowest BCUT2D eigenvalue weighted by Crippen LogP contribution is -2.05. The van der Waals surface area contributed by atoms with E-state index < -0.39 is 5.97 Å². The second kappa shape index (κ2) is 5.06. The van der Waals surface area contributed by atoms with Gasteiger partial charge in [0.15, 0.2) is 0 Å². The number of hydrogen-bond donors (Lipinski definition) is 1.